The molecule has 0 saturated carbocycles. The highest BCUT2D eigenvalue weighted by atomic mass is 14.2. The number of rotatable bonds is 7. The van der Waals surface area contributed by atoms with Gasteiger partial charge >= 0.3 is 0 Å². The Morgan fingerprint density at radius 1 is 1.00 bits per heavy atom. The van der Waals surface area contributed by atoms with E-state index in [1.54, 1.807) is 0 Å². The molecule has 0 amide bonds. The molecule has 0 spiro atoms. The Morgan fingerprint density at radius 3 is 1.90 bits per heavy atom. The number of allylic oxidation sites excluding steroid dienone is 6. The summed E-state index contributed by atoms with van der Waals surface area (Å²) >= 11 is 0. The van der Waals surface area contributed by atoms with Crippen molar-refractivity contribution in [1.29, 1.82) is 0 Å². The fraction of sp³-hybridized carbons (Fsp3) is 0.619. The summed E-state index contributed by atoms with van der Waals surface area (Å²) in [5, 5.41) is 0. The van der Waals surface area contributed by atoms with Crippen LogP contribution in [-0.4, -0.2) is 0 Å². The zero-order chi connectivity index (χ0) is 17.1. The smallest absolute Gasteiger partial charge is 0.0133 e. The lowest BCUT2D eigenvalue weighted by atomic mass is 9.79. The summed E-state index contributed by atoms with van der Waals surface area (Å²) in [5.74, 6) is 0. The molecule has 0 aliphatic carbocycles. The molecule has 0 aliphatic rings. The normalized spacial score (nSPS) is 12.9. The maximum Gasteiger partial charge on any atom is -0.0133 e. The van der Waals surface area contributed by atoms with Gasteiger partial charge in [-0.3, -0.25) is 0 Å². The molecule has 21 heavy (non-hydrogen) atoms. The Bertz CT molecular complexity index is 356. The maximum absolute atomic E-state index is 4.16. The molecule has 0 aliphatic heterocycles. The molecule has 0 aromatic rings. The van der Waals surface area contributed by atoms with Crippen molar-refractivity contribution in [3.8, 4) is 0 Å². The average Bonchev–Trinajstić information content (AvgIpc) is 2.43. The van der Waals surface area contributed by atoms with Gasteiger partial charge < -0.3 is 0 Å². The topological polar surface area (TPSA) is 0 Å². The van der Waals surface area contributed by atoms with E-state index in [0.29, 0.717) is 0 Å². The minimum Gasteiger partial charge on any atom is -0.103 e. The lowest BCUT2D eigenvalue weighted by molar-refractivity contribution is 0.422. The number of hydrogen-bond donors (Lipinski definition) is 0. The minimum absolute atomic E-state index is 0.195. The van der Waals surface area contributed by atoms with Crippen molar-refractivity contribution in [3.63, 3.8) is 0 Å². The van der Waals surface area contributed by atoms with Crippen LogP contribution in [-0.2, 0) is 0 Å². The van der Waals surface area contributed by atoms with Gasteiger partial charge in [-0.05, 0) is 30.1 Å². The Labute approximate surface area is 134 Å². The van der Waals surface area contributed by atoms with Crippen LogP contribution in [0.4, 0.5) is 0 Å². The van der Waals surface area contributed by atoms with E-state index in [4.69, 9.17) is 0 Å². The summed E-state index contributed by atoms with van der Waals surface area (Å²) < 4.78 is 0. The molecule has 0 heterocycles. The van der Waals surface area contributed by atoms with Gasteiger partial charge in [-0.1, -0.05) is 97.4 Å². The predicted octanol–water partition coefficient (Wildman–Crippen LogP) is 7.50. The van der Waals surface area contributed by atoms with Gasteiger partial charge in [0.2, 0.25) is 0 Å². The third kappa shape index (κ3) is 9.50. The van der Waals surface area contributed by atoms with Crippen LogP contribution in [0.3, 0.4) is 0 Å². The highest BCUT2D eigenvalue weighted by Gasteiger charge is 2.19. The first-order chi connectivity index (χ1) is 9.65. The largest absolute Gasteiger partial charge is 0.103 e. The highest BCUT2D eigenvalue weighted by molar-refractivity contribution is 5.22. The van der Waals surface area contributed by atoms with Gasteiger partial charge in [0.1, 0.15) is 0 Å². The summed E-state index contributed by atoms with van der Waals surface area (Å²) in [5.41, 5.74) is 3.17. The SMILES string of the molecule is C=CC/C(=C\C=C/CC(=C)C(C)(C)C)C(C)(C)CC.CC. The van der Waals surface area contributed by atoms with Gasteiger partial charge in [0.05, 0.1) is 0 Å². The molecule has 0 N–H and O–H groups in total. The van der Waals surface area contributed by atoms with Crippen LogP contribution in [0, 0.1) is 10.8 Å². The van der Waals surface area contributed by atoms with Gasteiger partial charge in [-0.15, -0.1) is 6.58 Å². The van der Waals surface area contributed by atoms with Crippen molar-refractivity contribution in [3.05, 3.63) is 48.6 Å². The molecule has 0 heteroatoms. The standard InChI is InChI=1S/C19H32.C2H6/c1-9-13-17(19(7,8)10-2)15-12-11-14-16(3)18(4,5)6;1-2/h9,11-12,15H,1,3,10,13-14H2,2,4-8H3;1-2H3/b12-11-,17-15+;. The van der Waals surface area contributed by atoms with Gasteiger partial charge in [0.15, 0.2) is 0 Å². The second-order valence-corrected chi connectivity index (χ2v) is 6.91. The Hall–Kier alpha value is -1.04. The van der Waals surface area contributed by atoms with Gasteiger partial charge in [0.25, 0.3) is 0 Å². The van der Waals surface area contributed by atoms with Crippen LogP contribution >= 0.6 is 0 Å². The van der Waals surface area contributed by atoms with E-state index in [1.165, 1.54) is 11.1 Å². The molecular weight excluding hydrogens is 252 g/mol. The van der Waals surface area contributed by atoms with E-state index < -0.39 is 0 Å². The molecule has 0 saturated heterocycles. The molecule has 0 fully saturated rings. The molecule has 0 aromatic carbocycles. The third-order valence-electron chi connectivity index (χ3n) is 3.98. The molecule has 122 valence electrons. The molecule has 0 radical (unpaired) electrons. The lowest BCUT2D eigenvalue weighted by Gasteiger charge is -2.26. The van der Waals surface area contributed by atoms with E-state index in [1.807, 2.05) is 19.9 Å². The highest BCUT2D eigenvalue weighted by Crippen LogP contribution is 2.32. The second kappa shape index (κ2) is 10.7. The molecule has 0 bridgehead atoms. The van der Waals surface area contributed by atoms with Gasteiger partial charge in [0, 0.05) is 0 Å². The molecule has 0 nitrogen and oxygen atoms in total. The maximum atomic E-state index is 4.16. The summed E-state index contributed by atoms with van der Waals surface area (Å²) in [6.45, 7) is 25.5. The summed E-state index contributed by atoms with van der Waals surface area (Å²) in [7, 11) is 0. The van der Waals surface area contributed by atoms with Gasteiger partial charge in [-0.2, -0.15) is 0 Å². The van der Waals surface area contributed by atoms with E-state index in [-0.39, 0.29) is 10.8 Å². The minimum atomic E-state index is 0.195. The summed E-state index contributed by atoms with van der Waals surface area (Å²) in [6, 6.07) is 0. The quantitative estimate of drug-likeness (QED) is 0.336. The Morgan fingerprint density at radius 2 is 1.52 bits per heavy atom. The van der Waals surface area contributed by atoms with Gasteiger partial charge in [-0.25, -0.2) is 0 Å². The van der Waals surface area contributed by atoms with Crippen LogP contribution in [0.5, 0.6) is 0 Å². The molecular formula is C21H38. The zero-order valence-electron chi connectivity index (χ0n) is 15.8. The Balaban J connectivity index is 0. The first-order valence-corrected chi connectivity index (χ1v) is 8.30. The third-order valence-corrected chi connectivity index (χ3v) is 3.98. The monoisotopic (exact) mass is 290 g/mol. The summed E-state index contributed by atoms with van der Waals surface area (Å²) in [6.07, 6.45) is 11.7. The fourth-order valence-corrected chi connectivity index (χ4v) is 1.65. The second-order valence-electron chi connectivity index (χ2n) is 6.91. The van der Waals surface area contributed by atoms with Crippen LogP contribution in [0.1, 0.15) is 74.7 Å². The van der Waals surface area contributed by atoms with E-state index in [9.17, 15) is 0 Å². The van der Waals surface area contributed by atoms with Crippen molar-refractivity contribution in [2.24, 2.45) is 10.8 Å². The molecule has 0 aromatic heterocycles. The van der Waals surface area contributed by atoms with Crippen LogP contribution < -0.4 is 0 Å². The van der Waals surface area contributed by atoms with E-state index in [0.717, 1.165) is 19.3 Å². The average molecular weight is 291 g/mol. The van der Waals surface area contributed by atoms with E-state index >= 15 is 0 Å². The first kappa shape index (κ1) is 22.2. The molecule has 0 unspecified atom stereocenters. The first-order valence-electron chi connectivity index (χ1n) is 8.30. The number of hydrogen-bond acceptors (Lipinski definition) is 0. The molecule has 0 rings (SSSR count). The van der Waals surface area contributed by atoms with E-state index in [2.05, 4.69) is 72.9 Å². The van der Waals surface area contributed by atoms with Crippen molar-refractivity contribution in [2.75, 3.05) is 0 Å². The Kier molecular flexibility index (Phi) is 11.3. The van der Waals surface area contributed by atoms with Crippen LogP contribution in [0.25, 0.3) is 0 Å². The lowest BCUT2D eigenvalue weighted by Crippen LogP contribution is -2.12. The zero-order valence-corrected chi connectivity index (χ0v) is 15.8. The van der Waals surface area contributed by atoms with Crippen molar-refractivity contribution >= 4 is 0 Å². The fourth-order valence-electron chi connectivity index (χ4n) is 1.65. The van der Waals surface area contributed by atoms with Crippen molar-refractivity contribution < 1.29 is 0 Å². The van der Waals surface area contributed by atoms with Crippen LogP contribution in [0.2, 0.25) is 0 Å². The van der Waals surface area contributed by atoms with Crippen LogP contribution in [0.15, 0.2) is 48.6 Å². The molecule has 0 atom stereocenters. The van der Waals surface area contributed by atoms with Crippen molar-refractivity contribution in [1.82, 2.24) is 0 Å². The van der Waals surface area contributed by atoms with Crippen molar-refractivity contribution in [2.45, 2.75) is 74.7 Å². The predicted molar refractivity (Wildman–Crippen MR) is 101 cm³/mol. The summed E-state index contributed by atoms with van der Waals surface area (Å²) in [4.78, 5) is 0.